The molecule has 2 saturated carbocycles. The lowest BCUT2D eigenvalue weighted by atomic mass is 9.57. The Kier molecular flexibility index (Phi) is 4.96. The Balaban J connectivity index is 1.57. The van der Waals surface area contributed by atoms with Gasteiger partial charge >= 0.3 is 5.97 Å². The Morgan fingerprint density at radius 2 is 1.84 bits per heavy atom. The zero-order chi connectivity index (χ0) is 17.6. The van der Waals surface area contributed by atoms with Crippen molar-refractivity contribution in [1.29, 1.82) is 0 Å². The minimum absolute atomic E-state index is 0.0864. The van der Waals surface area contributed by atoms with E-state index in [9.17, 15) is 4.79 Å². The highest BCUT2D eigenvalue weighted by molar-refractivity contribution is 5.75. The van der Waals surface area contributed by atoms with Crippen molar-refractivity contribution in [2.75, 3.05) is 7.05 Å². The monoisotopic (exact) mass is 345 g/mol. The van der Waals surface area contributed by atoms with Gasteiger partial charge < -0.3 is 4.74 Å². The van der Waals surface area contributed by atoms with Crippen molar-refractivity contribution in [1.82, 2.24) is 4.90 Å². The topological polar surface area (TPSA) is 29.5 Å². The number of likely N-dealkylation sites (tertiary alicyclic amines) is 1. The Morgan fingerprint density at radius 3 is 2.68 bits per heavy atom. The lowest BCUT2D eigenvalue weighted by molar-refractivity contribution is -0.144. The van der Waals surface area contributed by atoms with Crippen LogP contribution in [-0.2, 0) is 9.53 Å². The van der Waals surface area contributed by atoms with Gasteiger partial charge in [0, 0.05) is 18.0 Å². The molecule has 25 heavy (non-hydrogen) atoms. The number of likely N-dealkylation sites (N-methyl/N-ethyl adjacent to an activating group) is 1. The molecule has 2 saturated heterocycles. The largest absolute Gasteiger partial charge is 0.462 e. The van der Waals surface area contributed by atoms with E-state index in [4.69, 9.17) is 4.74 Å². The Morgan fingerprint density at radius 1 is 1.04 bits per heavy atom. The van der Waals surface area contributed by atoms with E-state index in [2.05, 4.69) is 37.9 Å². The van der Waals surface area contributed by atoms with Crippen LogP contribution in [0.25, 0.3) is 0 Å². The summed E-state index contributed by atoms with van der Waals surface area (Å²) >= 11 is 0. The van der Waals surface area contributed by atoms with Crippen LogP contribution in [0.2, 0.25) is 0 Å². The average molecular weight is 346 g/mol. The van der Waals surface area contributed by atoms with Crippen molar-refractivity contribution >= 4 is 5.97 Å². The van der Waals surface area contributed by atoms with Gasteiger partial charge in [-0.25, -0.2) is 0 Å². The second-order valence-corrected chi connectivity index (χ2v) is 9.24. The fraction of sp³-hybridized carbons (Fsp3) is 0.864. The highest BCUT2D eigenvalue weighted by Crippen LogP contribution is 2.53. The lowest BCUT2D eigenvalue weighted by Crippen LogP contribution is -2.44. The summed E-state index contributed by atoms with van der Waals surface area (Å²) in [6.45, 7) is 4.47. The van der Waals surface area contributed by atoms with Gasteiger partial charge in [0.1, 0.15) is 6.10 Å². The molecule has 1 unspecified atom stereocenters. The number of piperidine rings is 1. The Labute approximate surface area is 153 Å². The van der Waals surface area contributed by atoms with E-state index in [0.717, 1.165) is 18.3 Å². The number of rotatable bonds is 2. The fourth-order valence-corrected chi connectivity index (χ4v) is 6.43. The Hall–Kier alpha value is -0.830. The van der Waals surface area contributed by atoms with Gasteiger partial charge in [0.05, 0.1) is 5.92 Å². The summed E-state index contributed by atoms with van der Waals surface area (Å²) in [4.78, 5) is 14.9. The molecule has 0 bridgehead atoms. The molecule has 0 aromatic rings. The summed E-state index contributed by atoms with van der Waals surface area (Å²) < 4.78 is 5.69. The highest BCUT2D eigenvalue weighted by atomic mass is 16.6. The quantitative estimate of drug-likeness (QED) is 0.548. The molecular weight excluding hydrogens is 310 g/mol. The number of allylic oxidation sites excluding steroid dienone is 1. The molecule has 0 aromatic heterocycles. The van der Waals surface area contributed by atoms with Crippen molar-refractivity contribution in [3.8, 4) is 0 Å². The molecule has 2 aliphatic heterocycles. The normalized spacial score (nSPS) is 48.2. The molecule has 4 rings (SSSR count). The lowest BCUT2D eigenvalue weighted by Gasteiger charge is -2.46. The van der Waals surface area contributed by atoms with Gasteiger partial charge in [0.25, 0.3) is 0 Å². The van der Waals surface area contributed by atoms with E-state index in [1.54, 1.807) is 0 Å². The molecule has 0 radical (unpaired) electrons. The second-order valence-electron chi connectivity index (χ2n) is 9.24. The summed E-state index contributed by atoms with van der Waals surface area (Å²) in [7, 11) is 2.27. The molecule has 0 N–H and O–H groups in total. The molecule has 8 atom stereocenters. The SMILES string of the molecule is CC1OC(=O)[C@H]2C[C@H]3CCCC[C@@H]3[C@@H](/C=C/[C@H]3CCC[C@H](C)N3C)[C@@H]12. The zero-order valence-corrected chi connectivity index (χ0v) is 16.2. The van der Waals surface area contributed by atoms with Crippen molar-refractivity contribution in [2.45, 2.75) is 83.4 Å². The molecule has 4 aliphatic rings. The number of fused-ring (bicyclic) bond motifs is 2. The first kappa shape index (κ1) is 17.6. The molecule has 3 nitrogen and oxygen atoms in total. The molecular formula is C22H35NO2. The van der Waals surface area contributed by atoms with Crippen molar-refractivity contribution in [3.63, 3.8) is 0 Å². The van der Waals surface area contributed by atoms with Gasteiger partial charge in [-0.1, -0.05) is 37.8 Å². The first-order valence-corrected chi connectivity index (χ1v) is 10.7. The van der Waals surface area contributed by atoms with E-state index in [-0.39, 0.29) is 18.0 Å². The maximum absolute atomic E-state index is 12.4. The maximum Gasteiger partial charge on any atom is 0.309 e. The molecule has 2 aliphatic carbocycles. The predicted molar refractivity (Wildman–Crippen MR) is 100 cm³/mol. The third kappa shape index (κ3) is 3.18. The molecule has 0 amide bonds. The van der Waals surface area contributed by atoms with Crippen molar-refractivity contribution < 1.29 is 9.53 Å². The smallest absolute Gasteiger partial charge is 0.309 e. The van der Waals surface area contributed by atoms with Crippen LogP contribution in [-0.4, -0.2) is 36.1 Å². The van der Waals surface area contributed by atoms with E-state index in [0.29, 0.717) is 23.9 Å². The zero-order valence-electron chi connectivity index (χ0n) is 16.2. The minimum Gasteiger partial charge on any atom is -0.462 e. The summed E-state index contributed by atoms with van der Waals surface area (Å²) in [5.74, 6) is 2.71. The van der Waals surface area contributed by atoms with Gasteiger partial charge in [0.15, 0.2) is 0 Å². The molecule has 140 valence electrons. The van der Waals surface area contributed by atoms with Crippen LogP contribution < -0.4 is 0 Å². The van der Waals surface area contributed by atoms with Gasteiger partial charge in [-0.2, -0.15) is 0 Å². The van der Waals surface area contributed by atoms with Gasteiger partial charge in [-0.15, -0.1) is 0 Å². The van der Waals surface area contributed by atoms with E-state index < -0.39 is 0 Å². The van der Waals surface area contributed by atoms with Crippen LogP contribution in [0.5, 0.6) is 0 Å². The highest BCUT2D eigenvalue weighted by Gasteiger charge is 2.53. The molecule has 0 spiro atoms. The van der Waals surface area contributed by atoms with Crippen molar-refractivity contribution in [3.05, 3.63) is 12.2 Å². The number of carbonyl (C=O) groups is 1. The number of hydrogen-bond donors (Lipinski definition) is 0. The van der Waals surface area contributed by atoms with Crippen LogP contribution in [0, 0.1) is 29.6 Å². The third-order valence-corrected chi connectivity index (χ3v) is 7.97. The third-order valence-electron chi connectivity index (χ3n) is 7.97. The number of hydrogen-bond acceptors (Lipinski definition) is 3. The first-order chi connectivity index (χ1) is 12.1. The minimum atomic E-state index is 0.0864. The summed E-state index contributed by atoms with van der Waals surface area (Å²) in [6.07, 6.45) is 15.5. The standard InChI is InChI=1S/C22H35NO2/c1-14-7-6-9-17(23(14)3)11-12-19-18-10-5-4-8-16(18)13-20-21(19)15(2)25-22(20)24/h11-12,14-21H,4-10,13H2,1-3H3/b12-11+/t14-,15?,16+,17+,18-,19+,20-,21+/m0/s1. The second kappa shape index (κ2) is 7.06. The summed E-state index contributed by atoms with van der Waals surface area (Å²) in [5.41, 5.74) is 0. The molecule has 3 heteroatoms. The average Bonchev–Trinajstić information content (AvgIpc) is 2.89. The van der Waals surface area contributed by atoms with Crippen molar-refractivity contribution in [2.24, 2.45) is 29.6 Å². The summed E-state index contributed by atoms with van der Waals surface area (Å²) in [6, 6.07) is 1.25. The van der Waals surface area contributed by atoms with Gasteiger partial charge in [-0.05, 0) is 64.3 Å². The molecule has 4 fully saturated rings. The number of nitrogens with zero attached hydrogens (tertiary/aromatic N) is 1. The predicted octanol–water partition coefficient (Wildman–Crippen LogP) is 4.42. The Bertz CT molecular complexity index is 530. The number of cyclic esters (lactones) is 1. The number of ether oxygens (including phenoxy) is 1. The van der Waals surface area contributed by atoms with E-state index in [1.165, 1.54) is 44.9 Å². The van der Waals surface area contributed by atoms with Crippen LogP contribution in [0.15, 0.2) is 12.2 Å². The fourth-order valence-electron chi connectivity index (χ4n) is 6.43. The number of esters is 1. The first-order valence-electron chi connectivity index (χ1n) is 10.7. The number of carbonyl (C=O) groups excluding carboxylic acids is 1. The van der Waals surface area contributed by atoms with Crippen LogP contribution >= 0.6 is 0 Å². The summed E-state index contributed by atoms with van der Waals surface area (Å²) in [5, 5.41) is 0. The van der Waals surface area contributed by atoms with Crippen LogP contribution in [0.4, 0.5) is 0 Å². The maximum atomic E-state index is 12.4. The van der Waals surface area contributed by atoms with E-state index in [1.807, 2.05) is 0 Å². The molecule has 2 heterocycles. The van der Waals surface area contributed by atoms with Gasteiger partial charge in [-0.3, -0.25) is 9.69 Å². The van der Waals surface area contributed by atoms with Crippen LogP contribution in [0.3, 0.4) is 0 Å². The molecule has 0 aromatic carbocycles. The van der Waals surface area contributed by atoms with Gasteiger partial charge in [0.2, 0.25) is 0 Å². The van der Waals surface area contributed by atoms with E-state index >= 15 is 0 Å². The van der Waals surface area contributed by atoms with Crippen LogP contribution in [0.1, 0.15) is 65.2 Å².